The van der Waals surface area contributed by atoms with E-state index in [1.165, 1.54) is 6.20 Å². The fourth-order valence-corrected chi connectivity index (χ4v) is 3.65. The van der Waals surface area contributed by atoms with Gasteiger partial charge in [-0.3, -0.25) is 10.1 Å². The van der Waals surface area contributed by atoms with Crippen LogP contribution in [0.25, 0.3) is 0 Å². The summed E-state index contributed by atoms with van der Waals surface area (Å²) in [6.45, 7) is 4.00. The second kappa shape index (κ2) is 9.01. The Bertz CT molecular complexity index is 813. The molecule has 0 radical (unpaired) electrons. The molecule has 0 saturated heterocycles. The third kappa shape index (κ3) is 4.78. The number of nitrogens with one attached hydrogen (secondary N) is 2. The van der Waals surface area contributed by atoms with Crippen LogP contribution in [0.1, 0.15) is 37.1 Å². The van der Waals surface area contributed by atoms with Crippen molar-refractivity contribution in [1.29, 1.82) is 0 Å². The minimum absolute atomic E-state index is 0.101. The molecule has 9 heteroatoms. The average Bonchev–Trinajstić information content (AvgIpc) is 3.03. The van der Waals surface area contributed by atoms with Crippen molar-refractivity contribution in [3.63, 3.8) is 0 Å². The molecule has 2 heterocycles. The summed E-state index contributed by atoms with van der Waals surface area (Å²) in [5, 5.41) is 17.7. The van der Waals surface area contributed by atoms with Crippen LogP contribution >= 0.6 is 0 Å². The Morgan fingerprint density at radius 1 is 1.25 bits per heavy atom. The van der Waals surface area contributed by atoms with Gasteiger partial charge in [-0.1, -0.05) is 0 Å². The predicted molar refractivity (Wildman–Crippen MR) is 109 cm³/mol. The highest BCUT2D eigenvalue weighted by Crippen LogP contribution is 2.29. The van der Waals surface area contributed by atoms with Crippen LogP contribution in [-0.4, -0.2) is 32.5 Å². The lowest BCUT2D eigenvalue weighted by Gasteiger charge is -2.27. The standard InChI is InChI=1S/C19H29N7O2/c1-13-3-8-16(25(13)2)11-22-19-23-12-17(26(27)28)18(24-19)21-10-15-6-4-14(9-20)5-7-15/h3,8,12,14-15H,4-7,9-11,20H2,1-2H3,(H2,21,22,23,24). The summed E-state index contributed by atoms with van der Waals surface area (Å²) < 4.78 is 2.08. The molecule has 0 amide bonds. The van der Waals surface area contributed by atoms with E-state index in [-0.39, 0.29) is 11.5 Å². The van der Waals surface area contributed by atoms with Gasteiger partial charge in [0.25, 0.3) is 0 Å². The lowest BCUT2D eigenvalue weighted by molar-refractivity contribution is -0.384. The van der Waals surface area contributed by atoms with Gasteiger partial charge in [-0.25, -0.2) is 4.98 Å². The number of hydrogen-bond acceptors (Lipinski definition) is 7. The SMILES string of the molecule is Cc1ccc(CNc2ncc([N+](=O)[O-])c(NCC3CCC(CN)CC3)n2)n1C. The molecule has 0 atom stereocenters. The molecular formula is C19H29N7O2. The summed E-state index contributed by atoms with van der Waals surface area (Å²) in [4.78, 5) is 19.4. The molecule has 0 bridgehead atoms. The highest BCUT2D eigenvalue weighted by Gasteiger charge is 2.22. The largest absolute Gasteiger partial charge is 0.364 e. The molecule has 1 aliphatic carbocycles. The number of nitrogens with zero attached hydrogens (tertiary/aromatic N) is 4. The minimum Gasteiger partial charge on any atom is -0.364 e. The van der Waals surface area contributed by atoms with E-state index in [9.17, 15) is 10.1 Å². The molecular weight excluding hydrogens is 358 g/mol. The maximum Gasteiger partial charge on any atom is 0.329 e. The number of nitro groups is 1. The Morgan fingerprint density at radius 3 is 2.57 bits per heavy atom. The van der Waals surface area contributed by atoms with E-state index < -0.39 is 4.92 Å². The highest BCUT2D eigenvalue weighted by molar-refractivity contribution is 5.57. The van der Waals surface area contributed by atoms with Crippen LogP contribution in [0.5, 0.6) is 0 Å². The molecule has 2 aromatic heterocycles. The Balaban J connectivity index is 1.64. The van der Waals surface area contributed by atoms with Crippen LogP contribution < -0.4 is 16.4 Å². The van der Waals surface area contributed by atoms with Gasteiger partial charge in [0, 0.05) is 25.0 Å². The number of rotatable bonds is 8. The molecule has 0 aromatic carbocycles. The van der Waals surface area contributed by atoms with E-state index in [1.54, 1.807) is 0 Å². The van der Waals surface area contributed by atoms with Crippen molar-refractivity contribution in [2.75, 3.05) is 23.7 Å². The first-order chi connectivity index (χ1) is 13.5. The molecule has 28 heavy (non-hydrogen) atoms. The Morgan fingerprint density at radius 2 is 1.96 bits per heavy atom. The fraction of sp³-hybridized carbons (Fsp3) is 0.579. The second-order valence-corrected chi connectivity index (χ2v) is 7.57. The second-order valence-electron chi connectivity index (χ2n) is 7.57. The number of aryl methyl sites for hydroxylation is 1. The molecule has 2 aromatic rings. The third-order valence-electron chi connectivity index (χ3n) is 5.73. The van der Waals surface area contributed by atoms with Crippen LogP contribution in [0, 0.1) is 28.9 Å². The highest BCUT2D eigenvalue weighted by atomic mass is 16.6. The fourth-order valence-electron chi connectivity index (χ4n) is 3.65. The monoisotopic (exact) mass is 387 g/mol. The molecule has 0 unspecified atom stereocenters. The van der Waals surface area contributed by atoms with Crippen molar-refractivity contribution in [3.8, 4) is 0 Å². The van der Waals surface area contributed by atoms with Crippen molar-refractivity contribution < 1.29 is 4.92 Å². The van der Waals surface area contributed by atoms with E-state index in [1.807, 2.05) is 26.1 Å². The van der Waals surface area contributed by atoms with Gasteiger partial charge in [0.1, 0.15) is 6.20 Å². The van der Waals surface area contributed by atoms with Crippen LogP contribution in [-0.2, 0) is 13.6 Å². The molecule has 9 nitrogen and oxygen atoms in total. The zero-order chi connectivity index (χ0) is 20.1. The lowest BCUT2D eigenvalue weighted by Crippen LogP contribution is -2.25. The third-order valence-corrected chi connectivity index (χ3v) is 5.73. The van der Waals surface area contributed by atoms with E-state index in [2.05, 4.69) is 25.2 Å². The minimum atomic E-state index is -0.446. The Hall–Kier alpha value is -2.68. The molecule has 4 N–H and O–H groups in total. The van der Waals surface area contributed by atoms with Crippen molar-refractivity contribution >= 4 is 17.5 Å². The Kier molecular flexibility index (Phi) is 6.45. The topological polar surface area (TPSA) is 124 Å². The first-order valence-electron chi connectivity index (χ1n) is 9.78. The van der Waals surface area contributed by atoms with Crippen LogP contribution in [0.4, 0.5) is 17.5 Å². The average molecular weight is 387 g/mol. The summed E-state index contributed by atoms with van der Waals surface area (Å²) in [7, 11) is 2.00. The summed E-state index contributed by atoms with van der Waals surface area (Å²) in [5.41, 5.74) is 7.90. The first-order valence-corrected chi connectivity index (χ1v) is 9.78. The summed E-state index contributed by atoms with van der Waals surface area (Å²) >= 11 is 0. The number of nitrogens with two attached hydrogens (primary N) is 1. The van der Waals surface area contributed by atoms with Gasteiger partial charge in [-0.05, 0) is 63.1 Å². The van der Waals surface area contributed by atoms with Crippen molar-refractivity contribution in [2.45, 2.75) is 39.2 Å². The van der Waals surface area contributed by atoms with Gasteiger partial charge in [0.05, 0.1) is 11.5 Å². The molecule has 3 rings (SSSR count). The van der Waals surface area contributed by atoms with E-state index >= 15 is 0 Å². The van der Waals surface area contributed by atoms with Crippen molar-refractivity contribution in [2.24, 2.45) is 24.6 Å². The maximum absolute atomic E-state index is 11.3. The molecule has 1 aliphatic rings. The molecule has 1 saturated carbocycles. The van der Waals surface area contributed by atoms with Crippen LogP contribution in [0.15, 0.2) is 18.3 Å². The molecule has 1 fully saturated rings. The quantitative estimate of drug-likeness (QED) is 0.470. The summed E-state index contributed by atoms with van der Waals surface area (Å²) in [5.74, 6) is 1.74. The molecule has 0 aliphatic heterocycles. The lowest BCUT2D eigenvalue weighted by atomic mass is 9.82. The predicted octanol–water partition coefficient (Wildman–Crippen LogP) is 2.82. The van der Waals surface area contributed by atoms with Crippen molar-refractivity contribution in [1.82, 2.24) is 14.5 Å². The summed E-state index contributed by atoms with van der Waals surface area (Å²) in [6.07, 6.45) is 5.69. The number of anilines is 2. The van der Waals surface area contributed by atoms with Gasteiger partial charge in [0.2, 0.25) is 11.8 Å². The zero-order valence-corrected chi connectivity index (χ0v) is 16.5. The maximum atomic E-state index is 11.3. The normalized spacial score (nSPS) is 19.4. The Labute approximate surface area is 164 Å². The van der Waals surface area contributed by atoms with Gasteiger partial charge in [-0.2, -0.15) is 4.98 Å². The van der Waals surface area contributed by atoms with Gasteiger partial charge < -0.3 is 20.9 Å². The number of hydrogen-bond donors (Lipinski definition) is 3. The summed E-state index contributed by atoms with van der Waals surface area (Å²) in [6, 6.07) is 4.07. The van der Waals surface area contributed by atoms with E-state index in [0.717, 1.165) is 43.6 Å². The van der Waals surface area contributed by atoms with Crippen LogP contribution in [0.2, 0.25) is 0 Å². The number of aromatic nitrogens is 3. The van der Waals surface area contributed by atoms with E-state index in [0.29, 0.717) is 30.9 Å². The van der Waals surface area contributed by atoms with Gasteiger partial charge in [0.15, 0.2) is 0 Å². The smallest absolute Gasteiger partial charge is 0.329 e. The van der Waals surface area contributed by atoms with Gasteiger partial charge >= 0.3 is 5.69 Å². The van der Waals surface area contributed by atoms with Crippen LogP contribution in [0.3, 0.4) is 0 Å². The molecule has 152 valence electrons. The van der Waals surface area contributed by atoms with Gasteiger partial charge in [-0.15, -0.1) is 0 Å². The van der Waals surface area contributed by atoms with Crippen molar-refractivity contribution in [3.05, 3.63) is 39.8 Å². The molecule has 0 spiro atoms. The first kappa shape index (κ1) is 20.1. The van der Waals surface area contributed by atoms with E-state index in [4.69, 9.17) is 5.73 Å². The zero-order valence-electron chi connectivity index (χ0n) is 16.5.